The Balaban J connectivity index is 1.86. The lowest BCUT2D eigenvalue weighted by molar-refractivity contribution is -0.125. The second-order valence-corrected chi connectivity index (χ2v) is 7.04. The van der Waals surface area contributed by atoms with E-state index in [9.17, 15) is 9.90 Å². The fourth-order valence-electron chi connectivity index (χ4n) is 2.49. The molecule has 0 bridgehead atoms. The lowest BCUT2D eigenvalue weighted by Gasteiger charge is -2.20. The highest BCUT2D eigenvalue weighted by Crippen LogP contribution is 2.37. The van der Waals surface area contributed by atoms with Crippen molar-refractivity contribution in [3.05, 3.63) is 44.6 Å². The molecular weight excluding hydrogens is 352 g/mol. The fourth-order valence-corrected chi connectivity index (χ4v) is 3.99. The van der Waals surface area contributed by atoms with E-state index >= 15 is 0 Å². The van der Waals surface area contributed by atoms with Gasteiger partial charge in [0.1, 0.15) is 0 Å². The van der Waals surface area contributed by atoms with E-state index in [4.69, 9.17) is 0 Å². The molecule has 1 N–H and O–H groups in total. The highest BCUT2D eigenvalue weighted by molar-refractivity contribution is 9.10. The number of anilines is 2. The highest BCUT2D eigenvalue weighted by atomic mass is 79.9. The first-order valence-corrected chi connectivity index (χ1v) is 8.18. The van der Waals surface area contributed by atoms with Gasteiger partial charge in [0.25, 0.3) is 5.91 Å². The minimum atomic E-state index is -1.03. The van der Waals surface area contributed by atoms with Gasteiger partial charge in [-0.25, -0.2) is 0 Å². The van der Waals surface area contributed by atoms with E-state index in [-0.39, 0.29) is 5.91 Å². The van der Waals surface area contributed by atoms with Gasteiger partial charge in [0, 0.05) is 40.1 Å². The maximum Gasteiger partial charge on any atom is 0.260 e. The number of hydrogen-bond donors (Lipinski definition) is 1. The van der Waals surface area contributed by atoms with Crippen LogP contribution in [0.1, 0.15) is 16.5 Å². The van der Waals surface area contributed by atoms with Gasteiger partial charge in [0.15, 0.2) is 6.10 Å². The third kappa shape index (κ3) is 2.59. The fraction of sp³-hybridized carbons (Fsp3) is 0.267. The molecule has 1 aliphatic rings. The molecule has 2 heterocycles. The van der Waals surface area contributed by atoms with E-state index in [0.29, 0.717) is 5.56 Å². The molecule has 0 aliphatic carbocycles. The van der Waals surface area contributed by atoms with E-state index in [1.807, 2.05) is 25.2 Å². The van der Waals surface area contributed by atoms with Crippen molar-refractivity contribution in [2.24, 2.45) is 0 Å². The number of likely N-dealkylation sites (N-methyl/N-ethyl adjacent to an activating group) is 1. The van der Waals surface area contributed by atoms with Gasteiger partial charge in [-0.05, 0) is 34.1 Å². The van der Waals surface area contributed by atoms with E-state index in [1.165, 1.54) is 9.78 Å². The molecule has 6 heteroatoms. The number of thiophene rings is 1. The van der Waals surface area contributed by atoms with Crippen molar-refractivity contribution in [3.8, 4) is 0 Å². The average Bonchev–Trinajstić information content (AvgIpc) is 2.97. The minimum absolute atomic E-state index is 0.271. The Hall–Kier alpha value is -1.37. The Labute approximate surface area is 135 Å². The van der Waals surface area contributed by atoms with Gasteiger partial charge in [-0.2, -0.15) is 0 Å². The molecule has 1 unspecified atom stereocenters. The van der Waals surface area contributed by atoms with Gasteiger partial charge in [-0.3, -0.25) is 4.79 Å². The summed E-state index contributed by atoms with van der Waals surface area (Å²) < 4.78 is 1.10. The van der Waals surface area contributed by atoms with Crippen LogP contribution in [-0.4, -0.2) is 25.1 Å². The number of fused-ring (bicyclic) bond motifs is 1. The monoisotopic (exact) mass is 366 g/mol. The number of aliphatic hydroxyl groups is 1. The molecule has 0 spiro atoms. The van der Waals surface area contributed by atoms with Crippen LogP contribution in [0, 0.1) is 0 Å². The van der Waals surface area contributed by atoms with Crippen LogP contribution in [0.4, 0.5) is 11.4 Å². The van der Waals surface area contributed by atoms with E-state index < -0.39 is 6.10 Å². The molecule has 1 aromatic carbocycles. The number of nitrogens with zero attached hydrogens (tertiary/aromatic N) is 2. The summed E-state index contributed by atoms with van der Waals surface area (Å²) in [7, 11) is 3.71. The number of carbonyl (C=O) groups is 1. The molecule has 0 saturated heterocycles. The normalized spacial score (nSPS) is 17.2. The summed E-state index contributed by atoms with van der Waals surface area (Å²) in [5.41, 5.74) is 2.48. The zero-order chi connectivity index (χ0) is 15.1. The summed E-state index contributed by atoms with van der Waals surface area (Å²) in [6.07, 6.45) is -1.03. The molecule has 21 heavy (non-hydrogen) atoms. The molecule has 0 fully saturated rings. The van der Waals surface area contributed by atoms with Crippen LogP contribution in [0.5, 0.6) is 0 Å². The molecule has 1 atom stereocenters. The average molecular weight is 367 g/mol. The first-order chi connectivity index (χ1) is 9.97. The first kappa shape index (κ1) is 14.6. The molecule has 1 aromatic heterocycles. The number of hydrogen-bond acceptors (Lipinski definition) is 4. The van der Waals surface area contributed by atoms with Crippen LogP contribution < -0.4 is 9.80 Å². The van der Waals surface area contributed by atoms with Crippen LogP contribution in [-0.2, 0) is 11.3 Å². The number of carbonyl (C=O) groups excluding carboxylic acids is 1. The predicted octanol–water partition coefficient (Wildman–Crippen LogP) is 3.16. The van der Waals surface area contributed by atoms with E-state index in [1.54, 1.807) is 18.4 Å². The summed E-state index contributed by atoms with van der Waals surface area (Å²) in [5.74, 6) is -0.271. The van der Waals surface area contributed by atoms with E-state index in [0.717, 1.165) is 22.4 Å². The molecule has 1 amide bonds. The van der Waals surface area contributed by atoms with Gasteiger partial charge in [0.2, 0.25) is 0 Å². The van der Waals surface area contributed by atoms with Gasteiger partial charge in [-0.15, -0.1) is 11.3 Å². The van der Waals surface area contributed by atoms with Crippen molar-refractivity contribution >= 4 is 44.5 Å². The zero-order valence-electron chi connectivity index (χ0n) is 11.7. The number of halogens is 1. The smallest absolute Gasteiger partial charge is 0.260 e. The SMILES string of the molecule is CN(Cc1cc(Br)cs1)c1ccc2c(c1)N(C)C(=O)C2O. The lowest BCUT2D eigenvalue weighted by Crippen LogP contribution is -2.23. The summed E-state index contributed by atoms with van der Waals surface area (Å²) >= 11 is 5.17. The van der Waals surface area contributed by atoms with Crippen molar-refractivity contribution < 1.29 is 9.90 Å². The Morgan fingerprint density at radius 1 is 1.43 bits per heavy atom. The Kier molecular flexibility index (Phi) is 3.77. The standard InChI is InChI=1S/C15H15BrN2O2S/c1-17(7-11-5-9(16)8-21-11)10-3-4-12-13(6-10)18(2)15(20)14(12)19/h3-6,8,14,19H,7H2,1-2H3. The highest BCUT2D eigenvalue weighted by Gasteiger charge is 2.33. The first-order valence-electron chi connectivity index (χ1n) is 6.51. The van der Waals surface area contributed by atoms with Crippen LogP contribution in [0.25, 0.3) is 0 Å². The van der Waals surface area contributed by atoms with Crippen molar-refractivity contribution in [1.29, 1.82) is 0 Å². The van der Waals surface area contributed by atoms with Crippen molar-refractivity contribution in [3.63, 3.8) is 0 Å². The van der Waals surface area contributed by atoms with Gasteiger partial charge in [0.05, 0.1) is 12.2 Å². The van der Waals surface area contributed by atoms with Crippen LogP contribution in [0.3, 0.4) is 0 Å². The quantitative estimate of drug-likeness (QED) is 0.907. The van der Waals surface area contributed by atoms with Crippen molar-refractivity contribution in [1.82, 2.24) is 0 Å². The Morgan fingerprint density at radius 3 is 2.86 bits per heavy atom. The summed E-state index contributed by atoms with van der Waals surface area (Å²) in [5, 5.41) is 11.9. The molecule has 0 radical (unpaired) electrons. The Bertz CT molecular complexity index is 701. The summed E-state index contributed by atoms with van der Waals surface area (Å²) in [6, 6.07) is 7.83. The number of benzene rings is 1. The molecule has 0 saturated carbocycles. The molecule has 3 rings (SSSR count). The van der Waals surface area contributed by atoms with Crippen LogP contribution in [0.2, 0.25) is 0 Å². The van der Waals surface area contributed by atoms with Crippen LogP contribution >= 0.6 is 27.3 Å². The maximum absolute atomic E-state index is 11.8. The predicted molar refractivity (Wildman–Crippen MR) is 88.9 cm³/mol. The number of aliphatic hydroxyl groups excluding tert-OH is 1. The van der Waals surface area contributed by atoms with Gasteiger partial charge < -0.3 is 14.9 Å². The number of amides is 1. The minimum Gasteiger partial charge on any atom is -0.378 e. The van der Waals surface area contributed by atoms with Crippen molar-refractivity contribution in [2.45, 2.75) is 12.6 Å². The van der Waals surface area contributed by atoms with Gasteiger partial charge >= 0.3 is 0 Å². The largest absolute Gasteiger partial charge is 0.378 e. The molecular formula is C15H15BrN2O2S. The summed E-state index contributed by atoms with van der Waals surface area (Å²) in [4.78, 5) is 16.7. The molecule has 1 aliphatic heterocycles. The number of rotatable bonds is 3. The molecule has 110 valence electrons. The Morgan fingerprint density at radius 2 is 2.19 bits per heavy atom. The topological polar surface area (TPSA) is 43.8 Å². The summed E-state index contributed by atoms with van der Waals surface area (Å²) in [6.45, 7) is 0.801. The zero-order valence-corrected chi connectivity index (χ0v) is 14.1. The van der Waals surface area contributed by atoms with Crippen LogP contribution in [0.15, 0.2) is 34.1 Å². The molecule has 4 nitrogen and oxygen atoms in total. The van der Waals surface area contributed by atoms with Gasteiger partial charge in [-0.1, -0.05) is 6.07 Å². The molecule has 2 aromatic rings. The third-order valence-corrected chi connectivity index (χ3v) is 5.37. The van der Waals surface area contributed by atoms with Crippen molar-refractivity contribution in [2.75, 3.05) is 23.9 Å². The second kappa shape index (κ2) is 5.44. The lowest BCUT2D eigenvalue weighted by atomic mass is 10.1. The third-order valence-electron chi connectivity index (χ3n) is 3.69. The van der Waals surface area contributed by atoms with E-state index in [2.05, 4.69) is 32.3 Å². The maximum atomic E-state index is 11.8. The second-order valence-electron chi connectivity index (χ2n) is 5.13.